The summed E-state index contributed by atoms with van der Waals surface area (Å²) in [4.78, 5) is 47.0. The smallest absolute Gasteiger partial charge is 0.316 e. The molecule has 2 rings (SSSR count). The van der Waals surface area contributed by atoms with Gasteiger partial charge in [-0.3, -0.25) is 24.4 Å². The van der Waals surface area contributed by atoms with Crippen LogP contribution >= 0.6 is 11.8 Å². The standard InChI is InChI=1S/C21H23N3O6S/c1-13(21(28)29)31-12-18(25)22-11-17(20(27)24-30)23-19(26)16-9-7-15(8-10-16)14-5-3-2-4-6-14/h2-10,13,17,30H,11-12H2,1H3,(H,22,25)(H,23,26)(H,24,27)(H,28,29)/t13?,17-/m0/s1. The Morgan fingerprint density at radius 1 is 0.968 bits per heavy atom. The van der Waals surface area contributed by atoms with Gasteiger partial charge in [-0.05, 0) is 30.2 Å². The minimum atomic E-state index is -1.22. The largest absolute Gasteiger partial charge is 0.480 e. The van der Waals surface area contributed by atoms with Crippen LogP contribution in [0.1, 0.15) is 17.3 Å². The van der Waals surface area contributed by atoms with Crippen LogP contribution in [0.3, 0.4) is 0 Å². The normalized spacial score (nSPS) is 12.3. The maximum atomic E-state index is 12.5. The molecule has 0 aromatic heterocycles. The molecule has 164 valence electrons. The first-order valence-electron chi connectivity index (χ1n) is 9.33. The lowest BCUT2D eigenvalue weighted by molar-refractivity contribution is -0.136. The Hall–Kier alpha value is -3.37. The van der Waals surface area contributed by atoms with E-state index < -0.39 is 35.0 Å². The van der Waals surface area contributed by atoms with Gasteiger partial charge < -0.3 is 15.7 Å². The van der Waals surface area contributed by atoms with Crippen molar-refractivity contribution >= 4 is 35.5 Å². The molecular weight excluding hydrogens is 422 g/mol. The van der Waals surface area contributed by atoms with Gasteiger partial charge in [-0.2, -0.15) is 0 Å². The molecule has 31 heavy (non-hydrogen) atoms. The highest BCUT2D eigenvalue weighted by Gasteiger charge is 2.22. The number of hydrogen-bond acceptors (Lipinski definition) is 6. The predicted octanol–water partition coefficient (Wildman–Crippen LogP) is 1.28. The van der Waals surface area contributed by atoms with Gasteiger partial charge in [-0.15, -0.1) is 11.8 Å². The van der Waals surface area contributed by atoms with Crippen LogP contribution in [0.2, 0.25) is 0 Å². The second kappa shape index (κ2) is 11.7. The monoisotopic (exact) mass is 445 g/mol. The summed E-state index contributed by atoms with van der Waals surface area (Å²) >= 11 is 0.920. The van der Waals surface area contributed by atoms with Gasteiger partial charge >= 0.3 is 5.97 Å². The second-order valence-corrected chi connectivity index (χ2v) is 7.87. The van der Waals surface area contributed by atoms with Crippen LogP contribution in [0.15, 0.2) is 54.6 Å². The van der Waals surface area contributed by atoms with Crippen molar-refractivity contribution < 1.29 is 29.5 Å². The molecule has 0 bridgehead atoms. The van der Waals surface area contributed by atoms with Crippen LogP contribution in [0.4, 0.5) is 0 Å². The van der Waals surface area contributed by atoms with Crippen molar-refractivity contribution in [2.45, 2.75) is 18.2 Å². The van der Waals surface area contributed by atoms with Crippen LogP contribution < -0.4 is 16.1 Å². The van der Waals surface area contributed by atoms with Gasteiger partial charge in [0, 0.05) is 12.1 Å². The third-order valence-electron chi connectivity index (χ3n) is 4.30. The summed E-state index contributed by atoms with van der Waals surface area (Å²) in [6.07, 6.45) is 0. The van der Waals surface area contributed by atoms with E-state index in [0.717, 1.165) is 22.9 Å². The van der Waals surface area contributed by atoms with Gasteiger partial charge in [0.25, 0.3) is 11.8 Å². The fourth-order valence-corrected chi connectivity index (χ4v) is 3.16. The van der Waals surface area contributed by atoms with Crippen molar-refractivity contribution in [2.75, 3.05) is 12.3 Å². The fraction of sp³-hybridized carbons (Fsp3) is 0.238. The van der Waals surface area contributed by atoms with Crippen molar-refractivity contribution in [3.8, 4) is 11.1 Å². The van der Waals surface area contributed by atoms with Crippen molar-refractivity contribution in [1.82, 2.24) is 16.1 Å². The van der Waals surface area contributed by atoms with E-state index in [9.17, 15) is 19.2 Å². The average Bonchev–Trinajstić information content (AvgIpc) is 2.79. The van der Waals surface area contributed by atoms with Gasteiger partial charge in [0.1, 0.15) is 6.04 Å². The Balaban J connectivity index is 1.95. The Morgan fingerprint density at radius 2 is 1.58 bits per heavy atom. The minimum Gasteiger partial charge on any atom is -0.480 e. The molecule has 1 unspecified atom stereocenters. The lowest BCUT2D eigenvalue weighted by Crippen LogP contribution is -2.52. The minimum absolute atomic E-state index is 0.129. The molecule has 5 N–H and O–H groups in total. The number of nitrogens with one attached hydrogen (secondary N) is 3. The lowest BCUT2D eigenvalue weighted by Gasteiger charge is -2.18. The molecular formula is C21H23N3O6S. The van der Waals surface area contributed by atoms with E-state index in [2.05, 4.69) is 10.6 Å². The van der Waals surface area contributed by atoms with Gasteiger partial charge in [0.2, 0.25) is 5.91 Å². The zero-order chi connectivity index (χ0) is 22.8. The molecule has 2 aromatic rings. The van der Waals surface area contributed by atoms with Crippen molar-refractivity contribution in [3.63, 3.8) is 0 Å². The Kier molecular flexibility index (Phi) is 9.04. The van der Waals surface area contributed by atoms with Crippen LogP contribution in [0, 0.1) is 0 Å². The number of hydroxylamine groups is 1. The van der Waals surface area contributed by atoms with Gasteiger partial charge in [-0.1, -0.05) is 42.5 Å². The van der Waals surface area contributed by atoms with E-state index in [1.807, 2.05) is 30.3 Å². The molecule has 3 amide bonds. The number of carbonyl (C=O) groups is 4. The Bertz CT molecular complexity index is 920. The number of amides is 3. The van der Waals surface area contributed by atoms with Crippen LogP contribution in [-0.4, -0.2) is 57.6 Å². The van der Waals surface area contributed by atoms with E-state index in [-0.39, 0.29) is 12.3 Å². The number of hydrogen-bond donors (Lipinski definition) is 5. The number of carbonyl (C=O) groups excluding carboxylic acids is 3. The average molecular weight is 445 g/mol. The van der Waals surface area contributed by atoms with Crippen LogP contribution in [0.5, 0.6) is 0 Å². The first-order valence-corrected chi connectivity index (χ1v) is 10.4. The van der Waals surface area contributed by atoms with E-state index >= 15 is 0 Å². The summed E-state index contributed by atoms with van der Waals surface area (Å²) in [6, 6.07) is 15.1. The Morgan fingerprint density at radius 3 is 2.16 bits per heavy atom. The van der Waals surface area contributed by atoms with Crippen molar-refractivity contribution in [3.05, 3.63) is 60.2 Å². The highest BCUT2D eigenvalue weighted by Crippen LogP contribution is 2.19. The fourth-order valence-electron chi connectivity index (χ4n) is 2.51. The number of aliphatic carboxylic acids is 1. The number of carboxylic acids is 1. The summed E-state index contributed by atoms with van der Waals surface area (Å²) in [5.74, 6) is -3.14. The lowest BCUT2D eigenvalue weighted by atomic mass is 10.0. The molecule has 10 heteroatoms. The summed E-state index contributed by atoms with van der Waals surface area (Å²) in [5.41, 5.74) is 3.66. The topological polar surface area (TPSA) is 145 Å². The van der Waals surface area contributed by atoms with Crippen molar-refractivity contribution in [1.29, 1.82) is 0 Å². The highest BCUT2D eigenvalue weighted by atomic mass is 32.2. The molecule has 0 radical (unpaired) electrons. The molecule has 0 fully saturated rings. The van der Waals surface area contributed by atoms with E-state index in [1.165, 1.54) is 12.4 Å². The van der Waals surface area contributed by atoms with E-state index in [1.54, 1.807) is 24.3 Å². The van der Waals surface area contributed by atoms with Gasteiger partial charge in [-0.25, -0.2) is 5.48 Å². The molecule has 2 aromatic carbocycles. The molecule has 0 aliphatic rings. The first-order chi connectivity index (χ1) is 14.8. The molecule has 0 heterocycles. The van der Waals surface area contributed by atoms with Crippen LogP contribution in [-0.2, 0) is 14.4 Å². The third kappa shape index (κ3) is 7.43. The first kappa shape index (κ1) is 23.9. The predicted molar refractivity (Wildman–Crippen MR) is 116 cm³/mol. The summed E-state index contributed by atoms with van der Waals surface area (Å²) in [7, 11) is 0. The molecule has 0 aliphatic heterocycles. The molecule has 0 spiro atoms. The number of rotatable bonds is 10. The van der Waals surface area contributed by atoms with Crippen LogP contribution in [0.25, 0.3) is 11.1 Å². The maximum absolute atomic E-state index is 12.5. The molecule has 0 aliphatic carbocycles. The van der Waals surface area contributed by atoms with Crippen molar-refractivity contribution in [2.24, 2.45) is 0 Å². The molecule has 0 saturated carbocycles. The molecule has 2 atom stereocenters. The zero-order valence-corrected chi connectivity index (χ0v) is 17.5. The number of benzene rings is 2. The van der Waals surface area contributed by atoms with Gasteiger partial charge in [0.05, 0.1) is 11.0 Å². The summed E-state index contributed by atoms with van der Waals surface area (Å²) < 4.78 is 0. The van der Waals surface area contributed by atoms with E-state index in [4.69, 9.17) is 10.3 Å². The molecule has 0 saturated heterocycles. The summed E-state index contributed by atoms with van der Waals surface area (Å²) in [5, 5.41) is 21.9. The quantitative estimate of drug-likeness (QED) is 0.274. The zero-order valence-electron chi connectivity index (χ0n) is 16.7. The third-order valence-corrected chi connectivity index (χ3v) is 5.43. The number of thioether (sulfide) groups is 1. The highest BCUT2D eigenvalue weighted by molar-refractivity contribution is 8.01. The maximum Gasteiger partial charge on any atom is 0.316 e. The summed E-state index contributed by atoms with van der Waals surface area (Å²) in [6.45, 7) is 1.17. The SMILES string of the molecule is CC(SCC(=O)NC[C@H](NC(=O)c1ccc(-c2ccccc2)cc1)C(=O)NO)C(=O)O. The van der Waals surface area contributed by atoms with Gasteiger partial charge in [0.15, 0.2) is 0 Å². The number of carboxylic acid groups (broad SMARTS) is 1. The molecule has 9 nitrogen and oxygen atoms in total. The van der Waals surface area contributed by atoms with E-state index in [0.29, 0.717) is 5.56 Å². The second-order valence-electron chi connectivity index (χ2n) is 6.54. The Labute approximate surface area is 183 Å².